The van der Waals surface area contributed by atoms with Crippen LogP contribution in [0.3, 0.4) is 0 Å². The van der Waals surface area contributed by atoms with Gasteiger partial charge in [0.1, 0.15) is 5.75 Å². The Morgan fingerprint density at radius 3 is 2.13 bits per heavy atom. The SMILES string of the molecule is C/C(=N\NC(=O)C(=O)Nc1cc(C(F)(F)F)ccc1Cl)c1ccc(OC(=O)c2ccc([N+](=O)[O-])cc2)cc1. The summed E-state index contributed by atoms with van der Waals surface area (Å²) in [6.45, 7) is 1.50. The number of nitrogens with one attached hydrogen (secondary N) is 2. The van der Waals surface area contributed by atoms with Crippen molar-refractivity contribution in [2.75, 3.05) is 5.32 Å². The Morgan fingerprint density at radius 2 is 1.55 bits per heavy atom. The van der Waals surface area contributed by atoms with Gasteiger partial charge in [-0.05, 0) is 67.1 Å². The van der Waals surface area contributed by atoms with Gasteiger partial charge < -0.3 is 10.1 Å². The maximum absolute atomic E-state index is 12.9. The molecule has 0 atom stereocenters. The minimum atomic E-state index is -4.67. The zero-order chi connectivity index (χ0) is 28.0. The molecule has 0 aliphatic carbocycles. The first-order chi connectivity index (χ1) is 17.8. The fourth-order valence-electron chi connectivity index (χ4n) is 2.88. The molecule has 10 nitrogen and oxygen atoms in total. The number of hydrogen-bond donors (Lipinski definition) is 2. The number of hydrazone groups is 1. The lowest BCUT2D eigenvalue weighted by molar-refractivity contribution is -0.384. The number of nitrogens with zero attached hydrogens (tertiary/aromatic N) is 2. The van der Waals surface area contributed by atoms with E-state index in [0.29, 0.717) is 11.6 Å². The maximum Gasteiger partial charge on any atom is 0.416 e. The second-order valence-corrected chi connectivity index (χ2v) is 7.91. The van der Waals surface area contributed by atoms with Crippen molar-refractivity contribution in [2.24, 2.45) is 5.10 Å². The van der Waals surface area contributed by atoms with Crippen LogP contribution >= 0.6 is 11.6 Å². The van der Waals surface area contributed by atoms with Crippen LogP contribution in [0, 0.1) is 10.1 Å². The third-order valence-electron chi connectivity index (χ3n) is 4.87. The fourth-order valence-corrected chi connectivity index (χ4v) is 3.04. The van der Waals surface area contributed by atoms with Gasteiger partial charge in [-0.2, -0.15) is 18.3 Å². The van der Waals surface area contributed by atoms with E-state index in [1.165, 1.54) is 55.5 Å². The van der Waals surface area contributed by atoms with Crippen LogP contribution in [0.5, 0.6) is 5.75 Å². The molecule has 2 N–H and O–H groups in total. The number of carbonyl (C=O) groups excluding carboxylic acids is 3. The Labute approximate surface area is 217 Å². The number of amides is 2. The molecule has 0 saturated carbocycles. The molecule has 0 spiro atoms. The smallest absolute Gasteiger partial charge is 0.416 e. The molecule has 196 valence electrons. The van der Waals surface area contributed by atoms with Gasteiger partial charge >= 0.3 is 24.0 Å². The monoisotopic (exact) mass is 548 g/mol. The van der Waals surface area contributed by atoms with Crippen LogP contribution in [0.4, 0.5) is 24.5 Å². The number of non-ortho nitro benzene ring substituents is 1. The van der Waals surface area contributed by atoms with Gasteiger partial charge in [-0.1, -0.05) is 11.6 Å². The number of halogens is 4. The van der Waals surface area contributed by atoms with Crippen LogP contribution in [0.1, 0.15) is 28.4 Å². The van der Waals surface area contributed by atoms with Gasteiger partial charge in [-0.15, -0.1) is 0 Å². The first-order valence-electron chi connectivity index (χ1n) is 10.4. The zero-order valence-corrected chi connectivity index (χ0v) is 20.0. The molecule has 3 aromatic rings. The second kappa shape index (κ2) is 11.5. The van der Waals surface area contributed by atoms with Crippen molar-refractivity contribution >= 4 is 46.5 Å². The molecule has 38 heavy (non-hydrogen) atoms. The molecular formula is C24H16ClF3N4O6. The molecule has 0 fully saturated rings. The third kappa shape index (κ3) is 7.13. The molecule has 0 saturated heterocycles. The van der Waals surface area contributed by atoms with Crippen molar-refractivity contribution in [1.82, 2.24) is 5.43 Å². The van der Waals surface area contributed by atoms with Crippen LogP contribution in [-0.2, 0) is 15.8 Å². The van der Waals surface area contributed by atoms with E-state index in [1.807, 2.05) is 10.7 Å². The summed E-state index contributed by atoms with van der Waals surface area (Å²) in [4.78, 5) is 46.4. The number of ether oxygens (including phenoxy) is 1. The molecule has 0 aromatic heterocycles. The van der Waals surface area contributed by atoms with Crippen LogP contribution in [0.25, 0.3) is 0 Å². The average Bonchev–Trinajstić information content (AvgIpc) is 2.88. The van der Waals surface area contributed by atoms with Gasteiger partial charge in [0, 0.05) is 12.1 Å². The van der Waals surface area contributed by atoms with Crippen molar-refractivity contribution < 1.29 is 37.2 Å². The van der Waals surface area contributed by atoms with E-state index in [9.17, 15) is 37.7 Å². The topological polar surface area (TPSA) is 140 Å². The van der Waals surface area contributed by atoms with Crippen molar-refractivity contribution in [3.8, 4) is 5.75 Å². The molecular weight excluding hydrogens is 533 g/mol. The highest BCUT2D eigenvalue weighted by molar-refractivity contribution is 6.41. The fraction of sp³-hybridized carbons (Fsp3) is 0.0833. The summed E-state index contributed by atoms with van der Waals surface area (Å²) < 4.78 is 43.8. The van der Waals surface area contributed by atoms with Crippen molar-refractivity contribution in [1.29, 1.82) is 0 Å². The number of carbonyl (C=O) groups is 3. The molecule has 2 amide bonds. The summed E-state index contributed by atoms with van der Waals surface area (Å²) in [6.07, 6.45) is -4.67. The Kier molecular flexibility index (Phi) is 8.43. The van der Waals surface area contributed by atoms with Crippen LogP contribution < -0.4 is 15.5 Å². The van der Waals surface area contributed by atoms with Crippen LogP contribution in [0.15, 0.2) is 71.8 Å². The zero-order valence-electron chi connectivity index (χ0n) is 19.2. The lowest BCUT2D eigenvalue weighted by Crippen LogP contribution is -2.33. The molecule has 0 bridgehead atoms. The van der Waals surface area contributed by atoms with E-state index in [4.69, 9.17) is 16.3 Å². The molecule has 0 unspecified atom stereocenters. The summed E-state index contributed by atoms with van der Waals surface area (Å²) in [5.41, 5.74) is 1.17. The lowest BCUT2D eigenvalue weighted by atomic mass is 10.1. The highest BCUT2D eigenvalue weighted by Crippen LogP contribution is 2.33. The Morgan fingerprint density at radius 1 is 0.947 bits per heavy atom. The molecule has 0 aliphatic rings. The molecule has 3 aromatic carbocycles. The Balaban J connectivity index is 1.59. The van der Waals surface area contributed by atoms with Crippen molar-refractivity contribution in [3.63, 3.8) is 0 Å². The van der Waals surface area contributed by atoms with Crippen molar-refractivity contribution in [3.05, 3.63) is 98.6 Å². The predicted molar refractivity (Wildman–Crippen MR) is 130 cm³/mol. The second-order valence-electron chi connectivity index (χ2n) is 7.50. The largest absolute Gasteiger partial charge is 0.423 e. The number of benzene rings is 3. The normalized spacial score (nSPS) is 11.4. The average molecular weight is 549 g/mol. The number of rotatable bonds is 6. The number of hydrogen-bond acceptors (Lipinski definition) is 7. The first kappa shape index (κ1) is 27.8. The van der Waals surface area contributed by atoms with Gasteiger partial charge in [-0.3, -0.25) is 19.7 Å². The standard InChI is InChI=1S/C24H16ClF3N4O6/c1-13(30-31-22(34)21(33)29-20-12-16(24(26,27)28)6-11-19(20)25)14-4-9-18(10-5-14)38-23(35)15-2-7-17(8-3-15)32(36)37/h2-12H,1H3,(H,29,33)(H,31,34)/b30-13+. The quantitative estimate of drug-likeness (QED) is 0.111. The number of nitro groups is 1. The maximum atomic E-state index is 12.9. The van der Waals surface area contributed by atoms with E-state index in [2.05, 4.69) is 5.10 Å². The third-order valence-corrected chi connectivity index (χ3v) is 5.20. The van der Waals surface area contributed by atoms with E-state index in [1.54, 1.807) is 0 Å². The molecule has 14 heteroatoms. The molecule has 3 rings (SSSR count). The molecule has 0 radical (unpaired) electrons. The first-order valence-corrected chi connectivity index (χ1v) is 10.8. The summed E-state index contributed by atoms with van der Waals surface area (Å²) in [5, 5.41) is 16.3. The van der Waals surface area contributed by atoms with E-state index >= 15 is 0 Å². The molecule has 0 heterocycles. The van der Waals surface area contributed by atoms with Gasteiger partial charge in [0.25, 0.3) is 5.69 Å². The number of esters is 1. The predicted octanol–water partition coefficient (Wildman–Crippen LogP) is 4.97. The lowest BCUT2D eigenvalue weighted by Gasteiger charge is -2.11. The summed E-state index contributed by atoms with van der Waals surface area (Å²) in [5.74, 6) is -3.13. The Bertz CT molecular complexity index is 1420. The van der Waals surface area contributed by atoms with Gasteiger partial charge in [0.2, 0.25) is 0 Å². The Hall–Kier alpha value is -4.78. The minimum Gasteiger partial charge on any atom is -0.423 e. The summed E-state index contributed by atoms with van der Waals surface area (Å²) in [7, 11) is 0. The summed E-state index contributed by atoms with van der Waals surface area (Å²) in [6, 6.07) is 13.0. The number of alkyl halides is 3. The van der Waals surface area contributed by atoms with Gasteiger partial charge in [0.05, 0.1) is 32.5 Å². The van der Waals surface area contributed by atoms with Gasteiger partial charge in [0.15, 0.2) is 0 Å². The highest BCUT2D eigenvalue weighted by atomic mass is 35.5. The van der Waals surface area contributed by atoms with Crippen LogP contribution in [0.2, 0.25) is 5.02 Å². The van der Waals surface area contributed by atoms with E-state index in [-0.39, 0.29) is 27.7 Å². The van der Waals surface area contributed by atoms with E-state index in [0.717, 1.165) is 12.1 Å². The van der Waals surface area contributed by atoms with E-state index < -0.39 is 40.1 Å². The highest BCUT2D eigenvalue weighted by Gasteiger charge is 2.31. The number of anilines is 1. The van der Waals surface area contributed by atoms with Gasteiger partial charge in [-0.25, -0.2) is 10.2 Å². The van der Waals surface area contributed by atoms with Crippen LogP contribution in [-0.4, -0.2) is 28.4 Å². The number of nitro benzene ring substituents is 1. The summed E-state index contributed by atoms with van der Waals surface area (Å²) >= 11 is 5.80. The minimum absolute atomic E-state index is 0.102. The van der Waals surface area contributed by atoms with Crippen molar-refractivity contribution in [2.45, 2.75) is 13.1 Å². The molecule has 0 aliphatic heterocycles.